The molecular formula is C21H16F3N3O4. The molecule has 1 aromatic heterocycles. The summed E-state index contributed by atoms with van der Waals surface area (Å²) >= 11 is 0. The molecule has 0 saturated carbocycles. The Morgan fingerprint density at radius 2 is 1.94 bits per heavy atom. The zero-order valence-electron chi connectivity index (χ0n) is 16.1. The van der Waals surface area contributed by atoms with Gasteiger partial charge in [0.2, 0.25) is 18.5 Å². The Bertz CT molecular complexity index is 1140. The van der Waals surface area contributed by atoms with Crippen LogP contribution in [-0.4, -0.2) is 34.3 Å². The maximum atomic E-state index is 13.1. The second-order valence-corrected chi connectivity index (χ2v) is 7.26. The molecular weight excluding hydrogens is 415 g/mol. The van der Waals surface area contributed by atoms with Crippen LogP contribution in [0.5, 0.6) is 11.5 Å². The van der Waals surface area contributed by atoms with Crippen LogP contribution in [0.3, 0.4) is 0 Å². The van der Waals surface area contributed by atoms with E-state index in [1.165, 1.54) is 12.1 Å². The van der Waals surface area contributed by atoms with Gasteiger partial charge in [0.1, 0.15) is 6.04 Å². The van der Waals surface area contributed by atoms with Crippen LogP contribution in [-0.2, 0) is 6.18 Å². The Morgan fingerprint density at radius 3 is 2.77 bits per heavy atom. The summed E-state index contributed by atoms with van der Waals surface area (Å²) in [5, 5.41) is 3.84. The predicted molar refractivity (Wildman–Crippen MR) is 100 cm³/mol. The normalized spacial score (nSPS) is 17.9. The molecule has 0 unspecified atom stereocenters. The van der Waals surface area contributed by atoms with Crippen molar-refractivity contribution in [3.05, 3.63) is 59.5 Å². The molecule has 2 aliphatic heterocycles. The largest absolute Gasteiger partial charge is 0.454 e. The lowest BCUT2D eigenvalue weighted by molar-refractivity contribution is -0.137. The second kappa shape index (κ2) is 7.29. The van der Waals surface area contributed by atoms with Crippen molar-refractivity contribution in [2.75, 3.05) is 13.3 Å². The molecule has 5 rings (SSSR count). The summed E-state index contributed by atoms with van der Waals surface area (Å²) in [6.07, 6.45) is -3.12. The maximum absolute atomic E-state index is 13.1. The number of carbonyl (C=O) groups excluding carboxylic acids is 1. The van der Waals surface area contributed by atoms with E-state index in [0.717, 1.165) is 18.6 Å². The molecule has 2 aromatic carbocycles. The highest BCUT2D eigenvalue weighted by atomic mass is 19.4. The molecule has 0 radical (unpaired) electrons. The Kier molecular flexibility index (Phi) is 4.57. The average Bonchev–Trinajstić information content (AvgIpc) is 3.52. The van der Waals surface area contributed by atoms with Crippen LogP contribution in [0.4, 0.5) is 13.2 Å². The Morgan fingerprint density at radius 1 is 1.10 bits per heavy atom. The molecule has 0 N–H and O–H groups in total. The highest BCUT2D eigenvalue weighted by molar-refractivity contribution is 5.95. The summed E-state index contributed by atoms with van der Waals surface area (Å²) in [6.45, 7) is 0.610. The van der Waals surface area contributed by atoms with Crippen LogP contribution in [0.15, 0.2) is 47.0 Å². The van der Waals surface area contributed by atoms with Gasteiger partial charge in [-0.2, -0.15) is 18.2 Å². The molecule has 0 spiro atoms. The third kappa shape index (κ3) is 3.58. The number of ether oxygens (including phenoxy) is 2. The lowest BCUT2D eigenvalue weighted by atomic mass is 10.1. The van der Waals surface area contributed by atoms with Crippen LogP contribution in [0.1, 0.15) is 40.7 Å². The quantitative estimate of drug-likeness (QED) is 0.609. The number of aromatic nitrogens is 2. The Balaban J connectivity index is 1.39. The van der Waals surface area contributed by atoms with Crippen LogP contribution in [0, 0.1) is 0 Å². The monoisotopic (exact) mass is 431 g/mol. The van der Waals surface area contributed by atoms with Gasteiger partial charge >= 0.3 is 6.18 Å². The number of hydrogen-bond donors (Lipinski definition) is 0. The average molecular weight is 431 g/mol. The van der Waals surface area contributed by atoms with E-state index in [9.17, 15) is 18.0 Å². The summed E-state index contributed by atoms with van der Waals surface area (Å²) in [5.74, 6) is 1.10. The molecule has 7 nitrogen and oxygen atoms in total. The Labute approximate surface area is 174 Å². The fraction of sp³-hybridized carbons (Fsp3) is 0.286. The molecule has 3 heterocycles. The van der Waals surface area contributed by atoms with Gasteiger partial charge in [-0.1, -0.05) is 17.3 Å². The second-order valence-electron chi connectivity index (χ2n) is 7.26. The third-order valence-electron chi connectivity index (χ3n) is 5.31. The van der Waals surface area contributed by atoms with E-state index in [0.29, 0.717) is 30.0 Å². The molecule has 1 amide bonds. The third-order valence-corrected chi connectivity index (χ3v) is 5.31. The van der Waals surface area contributed by atoms with Crippen LogP contribution >= 0.6 is 0 Å². The topological polar surface area (TPSA) is 77.7 Å². The molecule has 2 aliphatic rings. The first-order chi connectivity index (χ1) is 14.9. The zero-order chi connectivity index (χ0) is 21.6. The maximum Gasteiger partial charge on any atom is 0.416 e. The van der Waals surface area contributed by atoms with E-state index < -0.39 is 17.8 Å². The first-order valence-corrected chi connectivity index (χ1v) is 9.62. The number of amides is 1. The van der Waals surface area contributed by atoms with Gasteiger partial charge in [-0.15, -0.1) is 0 Å². The SMILES string of the molecule is O=C(c1ccc2c(c1)OCO2)N1CCC[C@H]1c1nc(-c2cccc(C(F)(F)F)c2)no1. The van der Waals surface area contributed by atoms with Crippen LogP contribution < -0.4 is 9.47 Å². The standard InChI is InChI=1S/C21H16F3N3O4/c22-21(23,24)14-4-1-3-12(9-14)18-25-19(31-26-18)15-5-2-8-27(15)20(28)13-6-7-16-17(10-13)30-11-29-16/h1,3-4,6-7,9-10,15H,2,5,8,11H2/t15-/m0/s1. The van der Waals surface area contributed by atoms with Gasteiger partial charge in [-0.05, 0) is 43.2 Å². The highest BCUT2D eigenvalue weighted by Crippen LogP contribution is 2.37. The van der Waals surface area contributed by atoms with Crippen molar-refractivity contribution in [3.8, 4) is 22.9 Å². The molecule has 0 aliphatic carbocycles. The number of alkyl halides is 3. The van der Waals surface area contributed by atoms with Crippen molar-refractivity contribution in [2.24, 2.45) is 0 Å². The van der Waals surface area contributed by atoms with Gasteiger partial charge in [0.25, 0.3) is 5.91 Å². The van der Waals surface area contributed by atoms with Crippen molar-refractivity contribution in [3.63, 3.8) is 0 Å². The van der Waals surface area contributed by atoms with E-state index in [1.807, 2.05) is 0 Å². The number of likely N-dealkylation sites (tertiary alicyclic amines) is 1. The van der Waals surface area contributed by atoms with Gasteiger partial charge in [0.15, 0.2) is 11.5 Å². The minimum Gasteiger partial charge on any atom is -0.454 e. The number of benzene rings is 2. The predicted octanol–water partition coefficient (Wildman–Crippen LogP) is 4.46. The van der Waals surface area contributed by atoms with Gasteiger partial charge in [0.05, 0.1) is 5.56 Å². The van der Waals surface area contributed by atoms with Gasteiger partial charge in [-0.3, -0.25) is 4.79 Å². The molecule has 1 fully saturated rings. The van der Waals surface area contributed by atoms with E-state index >= 15 is 0 Å². The Hall–Kier alpha value is -3.56. The first kappa shape index (κ1) is 19.4. The number of hydrogen-bond acceptors (Lipinski definition) is 6. The van der Waals surface area contributed by atoms with Crippen molar-refractivity contribution in [1.29, 1.82) is 0 Å². The molecule has 10 heteroatoms. The number of fused-ring (bicyclic) bond motifs is 1. The molecule has 31 heavy (non-hydrogen) atoms. The van der Waals surface area contributed by atoms with Crippen molar-refractivity contribution < 1.29 is 32.0 Å². The highest BCUT2D eigenvalue weighted by Gasteiger charge is 2.35. The van der Waals surface area contributed by atoms with Crippen molar-refractivity contribution in [1.82, 2.24) is 15.0 Å². The number of rotatable bonds is 3. The van der Waals surface area contributed by atoms with E-state index in [-0.39, 0.29) is 30.0 Å². The molecule has 160 valence electrons. The van der Waals surface area contributed by atoms with E-state index in [4.69, 9.17) is 14.0 Å². The summed E-state index contributed by atoms with van der Waals surface area (Å²) in [4.78, 5) is 19.0. The summed E-state index contributed by atoms with van der Waals surface area (Å²) < 4.78 is 54.9. The zero-order valence-corrected chi connectivity index (χ0v) is 16.1. The lowest BCUT2D eigenvalue weighted by Gasteiger charge is -2.22. The van der Waals surface area contributed by atoms with E-state index in [2.05, 4.69) is 10.1 Å². The summed E-state index contributed by atoms with van der Waals surface area (Å²) in [7, 11) is 0. The fourth-order valence-electron chi connectivity index (χ4n) is 3.78. The molecule has 1 atom stereocenters. The minimum absolute atomic E-state index is 0.0449. The number of carbonyl (C=O) groups is 1. The van der Waals surface area contributed by atoms with Gasteiger partial charge in [0, 0.05) is 17.7 Å². The fourth-order valence-corrected chi connectivity index (χ4v) is 3.78. The van der Waals surface area contributed by atoms with E-state index in [1.54, 1.807) is 23.1 Å². The first-order valence-electron chi connectivity index (χ1n) is 9.62. The van der Waals surface area contributed by atoms with Gasteiger partial charge < -0.3 is 18.9 Å². The van der Waals surface area contributed by atoms with Crippen LogP contribution in [0.2, 0.25) is 0 Å². The molecule has 1 saturated heterocycles. The van der Waals surface area contributed by atoms with Crippen molar-refractivity contribution >= 4 is 5.91 Å². The number of nitrogens with zero attached hydrogens (tertiary/aromatic N) is 3. The summed E-state index contributed by atoms with van der Waals surface area (Å²) in [5.41, 5.74) is -0.165. The minimum atomic E-state index is -4.47. The number of halogens is 3. The van der Waals surface area contributed by atoms with Crippen LogP contribution in [0.25, 0.3) is 11.4 Å². The molecule has 0 bridgehead atoms. The van der Waals surface area contributed by atoms with Crippen molar-refractivity contribution in [2.45, 2.75) is 25.1 Å². The smallest absolute Gasteiger partial charge is 0.416 e. The van der Waals surface area contributed by atoms with Gasteiger partial charge in [-0.25, -0.2) is 0 Å². The summed E-state index contributed by atoms with van der Waals surface area (Å²) in [6, 6.07) is 9.23. The molecule has 3 aromatic rings. The lowest BCUT2D eigenvalue weighted by Crippen LogP contribution is -2.30.